The van der Waals surface area contributed by atoms with Crippen LogP contribution in [0, 0.1) is 6.92 Å². The van der Waals surface area contributed by atoms with Crippen molar-refractivity contribution in [3.63, 3.8) is 0 Å². The Morgan fingerprint density at radius 3 is 2.39 bits per heavy atom. The lowest BCUT2D eigenvalue weighted by atomic mass is 9.94. The van der Waals surface area contributed by atoms with E-state index >= 15 is 0 Å². The molecule has 0 aliphatic rings. The summed E-state index contributed by atoms with van der Waals surface area (Å²) >= 11 is 0. The van der Waals surface area contributed by atoms with E-state index in [1.807, 2.05) is 30.3 Å². The number of rotatable bonds is 6. The molecule has 0 spiro atoms. The van der Waals surface area contributed by atoms with Crippen molar-refractivity contribution >= 4 is 17.5 Å². The largest absolute Gasteiger partial charge is 0.366 e. The van der Waals surface area contributed by atoms with Crippen LogP contribution in [0.5, 0.6) is 0 Å². The molecule has 0 fully saturated rings. The second-order valence-corrected chi connectivity index (χ2v) is 5.42. The highest BCUT2D eigenvalue weighted by molar-refractivity contribution is 5.98. The van der Waals surface area contributed by atoms with E-state index in [2.05, 4.69) is 5.32 Å². The Balaban J connectivity index is 2.19. The van der Waals surface area contributed by atoms with Gasteiger partial charge in [-0.2, -0.15) is 0 Å². The fourth-order valence-corrected chi connectivity index (χ4v) is 2.55. The van der Waals surface area contributed by atoms with Crippen LogP contribution >= 0.6 is 0 Å². The lowest BCUT2D eigenvalue weighted by Gasteiger charge is -2.17. The van der Waals surface area contributed by atoms with Gasteiger partial charge in [0, 0.05) is 11.3 Å². The molecule has 0 aliphatic heterocycles. The summed E-state index contributed by atoms with van der Waals surface area (Å²) < 4.78 is 0. The zero-order chi connectivity index (χ0) is 16.8. The van der Waals surface area contributed by atoms with Crippen LogP contribution in [0.3, 0.4) is 0 Å². The number of nitrogens with two attached hydrogens (primary N) is 2. The van der Waals surface area contributed by atoms with Gasteiger partial charge in [0.05, 0.1) is 5.92 Å². The van der Waals surface area contributed by atoms with Crippen molar-refractivity contribution in [1.82, 2.24) is 0 Å². The second-order valence-electron chi connectivity index (χ2n) is 5.42. The molecule has 0 aromatic heterocycles. The van der Waals surface area contributed by atoms with Crippen molar-refractivity contribution in [3.8, 4) is 0 Å². The molecule has 2 aromatic carbocycles. The zero-order valence-electron chi connectivity index (χ0n) is 13.1. The molecule has 2 aromatic rings. The SMILES string of the molecule is Cc1cc(NC(=O)C(CCN)c2ccccc2)ccc1C(N)=O. The molecule has 5 heteroatoms. The van der Waals surface area contributed by atoms with E-state index in [4.69, 9.17) is 11.5 Å². The summed E-state index contributed by atoms with van der Waals surface area (Å²) in [5, 5.41) is 2.89. The first-order valence-electron chi connectivity index (χ1n) is 7.49. The van der Waals surface area contributed by atoms with Gasteiger partial charge >= 0.3 is 0 Å². The molecule has 5 N–H and O–H groups in total. The zero-order valence-corrected chi connectivity index (χ0v) is 13.1. The third-order valence-electron chi connectivity index (χ3n) is 3.73. The summed E-state index contributed by atoms with van der Waals surface area (Å²) in [5.41, 5.74) is 13.7. The quantitative estimate of drug-likeness (QED) is 0.762. The predicted molar refractivity (Wildman–Crippen MR) is 91.2 cm³/mol. The molecular weight excluding hydrogens is 290 g/mol. The topological polar surface area (TPSA) is 98.2 Å². The molecule has 0 heterocycles. The molecule has 0 bridgehead atoms. The van der Waals surface area contributed by atoms with Crippen LogP contribution in [0.1, 0.15) is 33.8 Å². The van der Waals surface area contributed by atoms with Crippen LogP contribution in [0.4, 0.5) is 5.69 Å². The molecular formula is C18H21N3O2. The van der Waals surface area contributed by atoms with Crippen molar-refractivity contribution in [2.75, 3.05) is 11.9 Å². The van der Waals surface area contributed by atoms with Crippen molar-refractivity contribution in [2.45, 2.75) is 19.3 Å². The maximum absolute atomic E-state index is 12.6. The third kappa shape index (κ3) is 4.17. The molecule has 0 radical (unpaired) electrons. The molecule has 0 saturated heterocycles. The Labute approximate surface area is 135 Å². The molecule has 0 aliphatic carbocycles. The van der Waals surface area contributed by atoms with Gasteiger partial charge in [0.15, 0.2) is 0 Å². The number of carbonyl (C=O) groups excluding carboxylic acids is 2. The van der Waals surface area contributed by atoms with Crippen molar-refractivity contribution in [3.05, 3.63) is 65.2 Å². The third-order valence-corrected chi connectivity index (χ3v) is 3.73. The Morgan fingerprint density at radius 1 is 1.13 bits per heavy atom. The van der Waals surface area contributed by atoms with Gasteiger partial charge in [-0.25, -0.2) is 0 Å². The number of benzene rings is 2. The summed E-state index contributed by atoms with van der Waals surface area (Å²) in [4.78, 5) is 23.8. The van der Waals surface area contributed by atoms with Gasteiger partial charge in [-0.05, 0) is 49.2 Å². The Hall–Kier alpha value is -2.66. The summed E-state index contributed by atoms with van der Waals surface area (Å²) in [6.45, 7) is 2.21. The van der Waals surface area contributed by atoms with Crippen molar-refractivity contribution < 1.29 is 9.59 Å². The average molecular weight is 311 g/mol. The minimum Gasteiger partial charge on any atom is -0.366 e. The lowest BCUT2D eigenvalue weighted by molar-refractivity contribution is -0.117. The Morgan fingerprint density at radius 2 is 1.83 bits per heavy atom. The van der Waals surface area contributed by atoms with E-state index in [1.54, 1.807) is 25.1 Å². The highest BCUT2D eigenvalue weighted by atomic mass is 16.2. The number of aryl methyl sites for hydroxylation is 1. The smallest absolute Gasteiger partial charge is 0.248 e. The highest BCUT2D eigenvalue weighted by Gasteiger charge is 2.20. The molecule has 0 saturated carbocycles. The fourth-order valence-electron chi connectivity index (χ4n) is 2.55. The van der Waals surface area contributed by atoms with Crippen molar-refractivity contribution in [2.24, 2.45) is 11.5 Å². The van der Waals surface area contributed by atoms with Gasteiger partial charge in [-0.1, -0.05) is 30.3 Å². The minimum absolute atomic E-state index is 0.118. The van der Waals surface area contributed by atoms with Gasteiger partial charge in [-0.3, -0.25) is 9.59 Å². The van der Waals surface area contributed by atoms with Gasteiger partial charge in [0.25, 0.3) is 0 Å². The summed E-state index contributed by atoms with van der Waals surface area (Å²) in [5.74, 6) is -0.907. The van der Waals surface area contributed by atoms with Crippen molar-refractivity contribution in [1.29, 1.82) is 0 Å². The molecule has 2 amide bonds. The van der Waals surface area contributed by atoms with Gasteiger partial charge in [0.2, 0.25) is 11.8 Å². The number of amides is 2. The highest BCUT2D eigenvalue weighted by Crippen LogP contribution is 2.22. The number of anilines is 1. The standard InChI is InChI=1S/C18H21N3O2/c1-12-11-14(7-8-15(12)17(20)22)21-18(23)16(9-10-19)13-5-3-2-4-6-13/h2-8,11,16H,9-10,19H2,1H3,(H2,20,22)(H,21,23). The predicted octanol–water partition coefficient (Wildman–Crippen LogP) is 2.17. The van der Waals surface area contributed by atoms with Gasteiger partial charge in [0.1, 0.15) is 0 Å². The van der Waals surface area contributed by atoms with Gasteiger partial charge < -0.3 is 16.8 Å². The van der Waals surface area contributed by atoms with E-state index < -0.39 is 5.91 Å². The first-order chi connectivity index (χ1) is 11.0. The van der Waals surface area contributed by atoms with Crippen LogP contribution in [-0.2, 0) is 4.79 Å². The van der Waals surface area contributed by atoms with E-state index in [9.17, 15) is 9.59 Å². The number of hydrogen-bond acceptors (Lipinski definition) is 3. The summed E-state index contributed by atoms with van der Waals surface area (Å²) in [6.07, 6.45) is 0.564. The Kier molecular flexibility index (Phi) is 5.49. The molecule has 1 atom stereocenters. The molecule has 1 unspecified atom stereocenters. The molecule has 5 nitrogen and oxygen atoms in total. The fraction of sp³-hybridized carbons (Fsp3) is 0.222. The summed E-state index contributed by atoms with van der Waals surface area (Å²) in [6, 6.07) is 14.6. The van der Waals surface area contributed by atoms with Crippen LogP contribution < -0.4 is 16.8 Å². The van der Waals surface area contributed by atoms with E-state index in [-0.39, 0.29) is 11.8 Å². The first kappa shape index (κ1) is 16.7. The lowest BCUT2D eigenvalue weighted by Crippen LogP contribution is -2.23. The second kappa shape index (κ2) is 7.56. The average Bonchev–Trinajstić information content (AvgIpc) is 2.53. The number of primary amides is 1. The molecule has 23 heavy (non-hydrogen) atoms. The van der Waals surface area contributed by atoms with E-state index in [0.29, 0.717) is 24.2 Å². The summed E-state index contributed by atoms with van der Waals surface area (Å²) in [7, 11) is 0. The van der Waals surface area contributed by atoms with Crippen LogP contribution in [0.2, 0.25) is 0 Å². The van der Waals surface area contributed by atoms with Crippen LogP contribution in [-0.4, -0.2) is 18.4 Å². The van der Waals surface area contributed by atoms with E-state index in [0.717, 1.165) is 11.1 Å². The molecule has 2 rings (SSSR count). The monoisotopic (exact) mass is 311 g/mol. The number of carbonyl (C=O) groups is 2. The maximum atomic E-state index is 12.6. The van der Waals surface area contributed by atoms with Crippen LogP contribution in [0.25, 0.3) is 0 Å². The minimum atomic E-state index is -0.481. The first-order valence-corrected chi connectivity index (χ1v) is 7.49. The normalized spacial score (nSPS) is 11.7. The Bertz CT molecular complexity index is 699. The number of nitrogens with one attached hydrogen (secondary N) is 1. The number of hydrogen-bond donors (Lipinski definition) is 3. The van der Waals surface area contributed by atoms with Crippen LogP contribution in [0.15, 0.2) is 48.5 Å². The molecule has 120 valence electrons. The van der Waals surface area contributed by atoms with Gasteiger partial charge in [-0.15, -0.1) is 0 Å². The maximum Gasteiger partial charge on any atom is 0.248 e. The van der Waals surface area contributed by atoms with E-state index in [1.165, 1.54) is 0 Å².